The molecule has 0 radical (unpaired) electrons. The summed E-state index contributed by atoms with van der Waals surface area (Å²) in [6, 6.07) is 0. The SMILES string of the molecule is CCCCCCCCCCCCCCCCCCCCCCC(=O)O[C@H](COC(=O)CCCCCCCCCCCCCCCCCCCCC)COP(=O)(O)OC[C@@H](O)COP(=O)(O)OC[C@@H](COC(=O)CCCCCCCCCC(C)C)OC(=O)CCCCCCCCCCCCCCCCCCC. The zero-order valence-corrected chi connectivity index (χ0v) is 71.4. The second-order valence-electron chi connectivity index (χ2n) is 31.8. The highest BCUT2D eigenvalue weighted by molar-refractivity contribution is 7.47. The van der Waals surface area contributed by atoms with Gasteiger partial charge in [-0.05, 0) is 31.6 Å². The van der Waals surface area contributed by atoms with E-state index in [-0.39, 0.29) is 25.7 Å². The number of aliphatic hydroxyl groups is 1. The van der Waals surface area contributed by atoms with E-state index in [1.807, 2.05) is 0 Å². The van der Waals surface area contributed by atoms with Crippen molar-refractivity contribution in [2.75, 3.05) is 39.6 Å². The van der Waals surface area contributed by atoms with Crippen LogP contribution < -0.4 is 0 Å². The number of carbonyl (C=O) groups is 4. The highest BCUT2D eigenvalue weighted by Crippen LogP contribution is 2.45. The van der Waals surface area contributed by atoms with Crippen molar-refractivity contribution in [3.63, 3.8) is 0 Å². The highest BCUT2D eigenvalue weighted by atomic mass is 31.2. The molecule has 0 aromatic carbocycles. The number of unbranched alkanes of at least 4 members (excludes halogenated alkanes) is 59. The average molecular weight is 1550 g/mol. The molecule has 630 valence electrons. The lowest BCUT2D eigenvalue weighted by atomic mass is 10.0. The van der Waals surface area contributed by atoms with E-state index in [4.69, 9.17) is 37.0 Å². The Labute approximate surface area is 651 Å². The highest BCUT2D eigenvalue weighted by Gasteiger charge is 2.30. The van der Waals surface area contributed by atoms with Gasteiger partial charge < -0.3 is 33.8 Å². The van der Waals surface area contributed by atoms with E-state index >= 15 is 0 Å². The van der Waals surface area contributed by atoms with Crippen molar-refractivity contribution in [3.05, 3.63) is 0 Å². The van der Waals surface area contributed by atoms with Crippen LogP contribution >= 0.6 is 15.6 Å². The molecular formula is C87H170O17P2. The van der Waals surface area contributed by atoms with E-state index in [0.717, 1.165) is 96.3 Å². The van der Waals surface area contributed by atoms with Gasteiger partial charge in [0.05, 0.1) is 26.4 Å². The van der Waals surface area contributed by atoms with Gasteiger partial charge in [-0.1, -0.05) is 420 Å². The lowest BCUT2D eigenvalue weighted by Crippen LogP contribution is -2.30. The number of esters is 4. The molecule has 0 bridgehead atoms. The fraction of sp³-hybridized carbons (Fsp3) is 0.954. The van der Waals surface area contributed by atoms with Gasteiger partial charge >= 0.3 is 39.5 Å². The van der Waals surface area contributed by atoms with Crippen LogP contribution in [0.2, 0.25) is 0 Å². The number of phosphoric acid groups is 2. The maximum Gasteiger partial charge on any atom is 0.472 e. The summed E-state index contributed by atoms with van der Waals surface area (Å²) >= 11 is 0. The van der Waals surface area contributed by atoms with Crippen LogP contribution in [0.3, 0.4) is 0 Å². The smallest absolute Gasteiger partial charge is 0.462 e. The molecule has 19 heteroatoms. The monoisotopic (exact) mass is 1550 g/mol. The first-order chi connectivity index (χ1) is 51.5. The fourth-order valence-electron chi connectivity index (χ4n) is 13.6. The van der Waals surface area contributed by atoms with Gasteiger partial charge in [0.1, 0.15) is 19.3 Å². The standard InChI is InChI=1S/C87H170O17P2/c1-6-9-12-15-18-21-24-27-30-33-35-37-40-43-46-49-52-57-63-68-72-86(91)103-82(76-97-84(89)70-65-60-55-50-47-44-41-39-36-34-31-28-25-22-19-16-13-10-7-2)78-101-105(93,94)99-74-81(88)75-100-106(95,96)102-79-83(77-98-85(90)71-66-61-58-53-54-59-64-69-80(4)5)104-87(92)73-67-62-56-51-48-45-42-38-32-29-26-23-20-17-14-11-8-3/h80-83,88H,6-79H2,1-5H3,(H,93,94)(H,95,96)/t81-,82-,83-/m1/s1. The number of hydrogen-bond donors (Lipinski definition) is 3. The number of ether oxygens (including phenoxy) is 4. The summed E-state index contributed by atoms with van der Waals surface area (Å²) < 4.78 is 68.9. The van der Waals surface area contributed by atoms with Gasteiger partial charge in [0.15, 0.2) is 12.2 Å². The Bertz CT molecular complexity index is 2010. The summed E-state index contributed by atoms with van der Waals surface area (Å²) in [6.07, 6.45) is 73.8. The van der Waals surface area contributed by atoms with Crippen molar-refractivity contribution in [2.45, 2.75) is 490 Å². The van der Waals surface area contributed by atoms with E-state index in [9.17, 15) is 43.2 Å². The van der Waals surface area contributed by atoms with E-state index < -0.39 is 97.5 Å². The maximum atomic E-state index is 13.2. The third kappa shape index (κ3) is 80.1. The summed E-state index contributed by atoms with van der Waals surface area (Å²) in [7, 11) is -9.93. The van der Waals surface area contributed by atoms with Gasteiger partial charge in [-0.2, -0.15) is 0 Å². The number of carbonyl (C=O) groups excluding carboxylic acids is 4. The van der Waals surface area contributed by atoms with Crippen molar-refractivity contribution in [3.8, 4) is 0 Å². The molecule has 0 aliphatic rings. The molecule has 0 aliphatic carbocycles. The largest absolute Gasteiger partial charge is 0.472 e. The van der Waals surface area contributed by atoms with Crippen LogP contribution in [0.4, 0.5) is 0 Å². The number of aliphatic hydroxyl groups excluding tert-OH is 1. The molecule has 5 atom stereocenters. The van der Waals surface area contributed by atoms with Crippen LogP contribution in [0.1, 0.15) is 471 Å². The quantitative estimate of drug-likeness (QED) is 0.0222. The summed E-state index contributed by atoms with van der Waals surface area (Å²) in [6.45, 7) is 7.32. The Morgan fingerprint density at radius 1 is 0.255 bits per heavy atom. The van der Waals surface area contributed by atoms with Crippen LogP contribution in [-0.2, 0) is 65.4 Å². The van der Waals surface area contributed by atoms with E-state index in [1.165, 1.54) is 289 Å². The van der Waals surface area contributed by atoms with Crippen LogP contribution in [0, 0.1) is 5.92 Å². The summed E-state index contributed by atoms with van der Waals surface area (Å²) in [4.78, 5) is 73.2. The minimum Gasteiger partial charge on any atom is -0.462 e. The molecule has 2 unspecified atom stereocenters. The van der Waals surface area contributed by atoms with Gasteiger partial charge in [0.2, 0.25) is 0 Å². The van der Waals surface area contributed by atoms with Crippen LogP contribution in [0.25, 0.3) is 0 Å². The lowest BCUT2D eigenvalue weighted by Gasteiger charge is -2.21. The Kier molecular flexibility index (Phi) is 78.2. The molecule has 0 aromatic heterocycles. The first-order valence-electron chi connectivity index (χ1n) is 45.1. The molecule has 0 saturated heterocycles. The van der Waals surface area contributed by atoms with E-state index in [2.05, 4.69) is 34.6 Å². The molecule has 0 amide bonds. The van der Waals surface area contributed by atoms with Crippen LogP contribution in [-0.4, -0.2) is 96.7 Å². The van der Waals surface area contributed by atoms with Crippen molar-refractivity contribution in [2.24, 2.45) is 5.92 Å². The Morgan fingerprint density at radius 2 is 0.434 bits per heavy atom. The predicted octanol–water partition coefficient (Wildman–Crippen LogP) is 26.8. The van der Waals surface area contributed by atoms with Gasteiger partial charge in [0.25, 0.3) is 0 Å². The molecule has 17 nitrogen and oxygen atoms in total. The molecule has 0 saturated carbocycles. The Balaban J connectivity index is 5.22. The second-order valence-corrected chi connectivity index (χ2v) is 34.7. The molecule has 0 aromatic rings. The Morgan fingerprint density at radius 3 is 0.642 bits per heavy atom. The van der Waals surface area contributed by atoms with Crippen molar-refractivity contribution in [1.29, 1.82) is 0 Å². The third-order valence-corrected chi connectivity index (χ3v) is 22.4. The molecule has 0 fully saturated rings. The Hall–Kier alpha value is -1.94. The topological polar surface area (TPSA) is 237 Å². The summed E-state index contributed by atoms with van der Waals surface area (Å²) in [5, 5.41) is 10.7. The van der Waals surface area contributed by atoms with Crippen molar-refractivity contribution >= 4 is 39.5 Å². The lowest BCUT2D eigenvalue weighted by molar-refractivity contribution is -0.161. The number of hydrogen-bond acceptors (Lipinski definition) is 15. The maximum absolute atomic E-state index is 13.2. The first-order valence-corrected chi connectivity index (χ1v) is 48.1. The average Bonchev–Trinajstić information content (AvgIpc) is 0.903. The van der Waals surface area contributed by atoms with E-state index in [0.29, 0.717) is 31.6 Å². The molecule has 0 heterocycles. The molecule has 106 heavy (non-hydrogen) atoms. The number of rotatable bonds is 87. The van der Waals surface area contributed by atoms with Crippen molar-refractivity contribution < 1.29 is 80.2 Å². The summed E-state index contributed by atoms with van der Waals surface area (Å²) in [5.74, 6) is -1.39. The van der Waals surface area contributed by atoms with Gasteiger partial charge in [-0.15, -0.1) is 0 Å². The van der Waals surface area contributed by atoms with Gasteiger partial charge in [0, 0.05) is 25.7 Å². The minimum absolute atomic E-state index is 0.108. The molecule has 0 spiro atoms. The molecular weight excluding hydrogens is 1380 g/mol. The first kappa shape index (κ1) is 104. The minimum atomic E-state index is -4.97. The normalized spacial score (nSPS) is 13.7. The zero-order valence-electron chi connectivity index (χ0n) is 69.6. The zero-order chi connectivity index (χ0) is 77.6. The van der Waals surface area contributed by atoms with E-state index in [1.54, 1.807) is 0 Å². The van der Waals surface area contributed by atoms with Crippen molar-refractivity contribution in [1.82, 2.24) is 0 Å². The van der Waals surface area contributed by atoms with Gasteiger partial charge in [-0.25, -0.2) is 9.13 Å². The fourth-order valence-corrected chi connectivity index (χ4v) is 15.2. The second kappa shape index (κ2) is 79.7. The molecule has 3 N–H and O–H groups in total. The van der Waals surface area contributed by atoms with Crippen LogP contribution in [0.15, 0.2) is 0 Å². The third-order valence-electron chi connectivity index (χ3n) is 20.5. The molecule has 0 aliphatic heterocycles. The number of phosphoric ester groups is 2. The summed E-state index contributed by atoms with van der Waals surface area (Å²) in [5.41, 5.74) is 0. The molecule has 0 rings (SSSR count). The predicted molar refractivity (Wildman–Crippen MR) is 437 cm³/mol. The van der Waals surface area contributed by atoms with Crippen LogP contribution in [0.5, 0.6) is 0 Å². The van der Waals surface area contributed by atoms with Gasteiger partial charge in [-0.3, -0.25) is 37.3 Å².